The fourth-order valence-corrected chi connectivity index (χ4v) is 4.20. The van der Waals surface area contributed by atoms with Crippen LogP contribution >= 0.6 is 0 Å². The molecule has 2 aromatic carbocycles. The summed E-state index contributed by atoms with van der Waals surface area (Å²) in [4.78, 5) is 28.4. The zero-order chi connectivity index (χ0) is 23.1. The molecule has 168 valence electrons. The number of rotatable bonds is 6. The quantitative estimate of drug-likeness (QED) is 0.425. The van der Waals surface area contributed by atoms with Gasteiger partial charge in [-0.1, -0.05) is 6.07 Å². The van der Waals surface area contributed by atoms with Crippen molar-refractivity contribution in [3.63, 3.8) is 0 Å². The standard InChI is InChI=1S/C25H20FNO6/c1-3-31-19-8-6-14(11-20(19)30-2)22-21-23(28)17-12-15(26)7-9-18(17)33-24(21)25(29)27(22)13-16-5-4-10-32-16/h4-12,22H,3,13H2,1-2H3/t22-/m0/s1. The summed E-state index contributed by atoms with van der Waals surface area (Å²) in [6, 6.07) is 11.6. The summed E-state index contributed by atoms with van der Waals surface area (Å²) in [5, 5.41) is 0.0734. The molecular weight excluding hydrogens is 429 g/mol. The van der Waals surface area contributed by atoms with E-state index in [4.69, 9.17) is 18.3 Å². The fraction of sp³-hybridized carbons (Fsp3) is 0.200. The van der Waals surface area contributed by atoms with Crippen molar-refractivity contribution in [2.45, 2.75) is 19.5 Å². The third-order valence-corrected chi connectivity index (χ3v) is 5.64. The van der Waals surface area contributed by atoms with Crippen LogP contribution in [-0.2, 0) is 6.54 Å². The van der Waals surface area contributed by atoms with Gasteiger partial charge in [0.15, 0.2) is 16.9 Å². The Labute approximate surface area is 187 Å². The lowest BCUT2D eigenvalue weighted by atomic mass is 9.98. The van der Waals surface area contributed by atoms with Gasteiger partial charge < -0.3 is 23.2 Å². The Kier molecular flexibility index (Phi) is 5.12. The molecule has 0 spiro atoms. The fourth-order valence-electron chi connectivity index (χ4n) is 4.20. The highest BCUT2D eigenvalue weighted by Crippen LogP contribution is 2.41. The van der Waals surface area contributed by atoms with Crippen molar-refractivity contribution < 1.29 is 27.5 Å². The van der Waals surface area contributed by atoms with E-state index in [1.807, 2.05) is 6.92 Å². The molecule has 0 N–H and O–H groups in total. The van der Waals surface area contributed by atoms with Crippen LogP contribution in [0.15, 0.2) is 68.4 Å². The highest BCUT2D eigenvalue weighted by molar-refractivity contribution is 5.99. The molecule has 1 aliphatic rings. The summed E-state index contributed by atoms with van der Waals surface area (Å²) in [5.41, 5.74) is 0.461. The Bertz CT molecular complexity index is 1410. The van der Waals surface area contributed by atoms with Gasteiger partial charge in [0.25, 0.3) is 5.91 Å². The van der Waals surface area contributed by atoms with E-state index in [0.29, 0.717) is 29.4 Å². The Hall–Kier alpha value is -4.07. The highest BCUT2D eigenvalue weighted by Gasteiger charge is 2.43. The van der Waals surface area contributed by atoms with Crippen molar-refractivity contribution in [2.75, 3.05) is 13.7 Å². The SMILES string of the molecule is CCOc1ccc([C@H]2c3c(oc4ccc(F)cc4c3=O)C(=O)N2Cc2ccco2)cc1OC. The third kappa shape index (κ3) is 3.44. The van der Waals surface area contributed by atoms with Crippen LogP contribution in [0.2, 0.25) is 0 Å². The van der Waals surface area contributed by atoms with Crippen molar-refractivity contribution in [1.82, 2.24) is 4.90 Å². The molecule has 5 rings (SSSR count). The minimum Gasteiger partial charge on any atom is -0.493 e. The Balaban J connectivity index is 1.73. The Morgan fingerprint density at radius 1 is 1.09 bits per heavy atom. The van der Waals surface area contributed by atoms with E-state index in [9.17, 15) is 14.0 Å². The molecule has 33 heavy (non-hydrogen) atoms. The van der Waals surface area contributed by atoms with Crippen LogP contribution in [0.25, 0.3) is 11.0 Å². The predicted molar refractivity (Wildman–Crippen MR) is 117 cm³/mol. The molecule has 7 nitrogen and oxygen atoms in total. The third-order valence-electron chi connectivity index (χ3n) is 5.64. The average molecular weight is 449 g/mol. The number of amides is 1. The van der Waals surface area contributed by atoms with Gasteiger partial charge in [-0.3, -0.25) is 9.59 Å². The van der Waals surface area contributed by atoms with Gasteiger partial charge in [-0.2, -0.15) is 0 Å². The molecule has 2 aromatic heterocycles. The van der Waals surface area contributed by atoms with Gasteiger partial charge in [-0.05, 0) is 55.0 Å². The molecule has 1 aliphatic heterocycles. The van der Waals surface area contributed by atoms with E-state index < -0.39 is 23.2 Å². The molecular formula is C25H20FNO6. The van der Waals surface area contributed by atoms with Gasteiger partial charge in [-0.25, -0.2) is 4.39 Å². The van der Waals surface area contributed by atoms with Gasteiger partial charge in [0.2, 0.25) is 5.76 Å². The number of benzene rings is 2. The lowest BCUT2D eigenvalue weighted by Crippen LogP contribution is -2.29. The summed E-state index contributed by atoms with van der Waals surface area (Å²) < 4.78 is 36.3. The number of fused-ring (bicyclic) bond motifs is 2. The highest BCUT2D eigenvalue weighted by atomic mass is 19.1. The second-order valence-corrected chi connectivity index (χ2v) is 7.57. The van der Waals surface area contributed by atoms with Crippen molar-refractivity contribution in [2.24, 2.45) is 0 Å². The normalized spacial score (nSPS) is 15.2. The van der Waals surface area contributed by atoms with E-state index in [-0.39, 0.29) is 28.8 Å². The molecule has 8 heteroatoms. The van der Waals surface area contributed by atoms with Crippen molar-refractivity contribution in [3.8, 4) is 11.5 Å². The second-order valence-electron chi connectivity index (χ2n) is 7.57. The van der Waals surface area contributed by atoms with Crippen molar-refractivity contribution in [1.29, 1.82) is 0 Å². The summed E-state index contributed by atoms with van der Waals surface area (Å²) in [6.07, 6.45) is 1.51. The molecule has 1 atom stereocenters. The van der Waals surface area contributed by atoms with Crippen molar-refractivity contribution in [3.05, 3.63) is 93.5 Å². The first-order valence-corrected chi connectivity index (χ1v) is 10.4. The lowest BCUT2D eigenvalue weighted by Gasteiger charge is -2.25. The first kappa shape index (κ1) is 20.8. The van der Waals surface area contributed by atoms with Crippen LogP contribution < -0.4 is 14.9 Å². The molecule has 0 aliphatic carbocycles. The van der Waals surface area contributed by atoms with E-state index in [1.165, 1.54) is 30.4 Å². The van der Waals surface area contributed by atoms with Gasteiger partial charge in [-0.15, -0.1) is 0 Å². The number of carbonyl (C=O) groups excluding carboxylic acids is 1. The number of furan rings is 1. The number of nitrogens with zero attached hydrogens (tertiary/aromatic N) is 1. The second kappa shape index (κ2) is 8.12. The maximum atomic E-state index is 13.9. The van der Waals surface area contributed by atoms with Crippen LogP contribution in [0.5, 0.6) is 11.5 Å². The van der Waals surface area contributed by atoms with Crippen LogP contribution in [-0.4, -0.2) is 24.5 Å². The van der Waals surface area contributed by atoms with Crippen LogP contribution in [0.3, 0.4) is 0 Å². The maximum absolute atomic E-state index is 13.9. The molecule has 0 bridgehead atoms. The van der Waals surface area contributed by atoms with E-state index in [0.717, 1.165) is 6.07 Å². The van der Waals surface area contributed by atoms with Gasteiger partial charge >= 0.3 is 0 Å². The molecule has 1 amide bonds. The summed E-state index contributed by atoms with van der Waals surface area (Å²) in [7, 11) is 1.51. The maximum Gasteiger partial charge on any atom is 0.291 e. The number of carbonyl (C=O) groups is 1. The number of methoxy groups -OCH3 is 1. The first-order valence-electron chi connectivity index (χ1n) is 10.4. The molecule has 3 heterocycles. The smallest absolute Gasteiger partial charge is 0.291 e. The number of ether oxygens (including phenoxy) is 2. The average Bonchev–Trinajstić information content (AvgIpc) is 3.42. The van der Waals surface area contributed by atoms with E-state index >= 15 is 0 Å². The zero-order valence-corrected chi connectivity index (χ0v) is 18.0. The molecule has 4 aromatic rings. The summed E-state index contributed by atoms with van der Waals surface area (Å²) in [5.74, 6) is 0.460. The molecule has 0 saturated heterocycles. The molecule has 0 saturated carbocycles. The summed E-state index contributed by atoms with van der Waals surface area (Å²) in [6.45, 7) is 2.42. The zero-order valence-electron chi connectivity index (χ0n) is 18.0. The van der Waals surface area contributed by atoms with Gasteiger partial charge in [0, 0.05) is 0 Å². The monoisotopic (exact) mass is 449 g/mol. The van der Waals surface area contributed by atoms with Crippen LogP contribution in [0.4, 0.5) is 4.39 Å². The predicted octanol–water partition coefficient (Wildman–Crippen LogP) is 4.68. The number of halogens is 1. The lowest BCUT2D eigenvalue weighted by molar-refractivity contribution is 0.0701. The van der Waals surface area contributed by atoms with Gasteiger partial charge in [0.05, 0.1) is 43.5 Å². The van der Waals surface area contributed by atoms with Gasteiger partial charge in [0.1, 0.15) is 17.2 Å². The topological polar surface area (TPSA) is 82.1 Å². The largest absolute Gasteiger partial charge is 0.493 e. The van der Waals surface area contributed by atoms with Crippen LogP contribution in [0.1, 0.15) is 40.4 Å². The summed E-state index contributed by atoms with van der Waals surface area (Å²) >= 11 is 0. The van der Waals surface area contributed by atoms with Crippen molar-refractivity contribution >= 4 is 16.9 Å². The number of hydrogen-bond acceptors (Lipinski definition) is 6. The Morgan fingerprint density at radius 2 is 1.94 bits per heavy atom. The van der Waals surface area contributed by atoms with E-state index in [1.54, 1.807) is 30.3 Å². The minimum absolute atomic E-state index is 0.0662. The molecule has 0 radical (unpaired) electrons. The number of hydrogen-bond donors (Lipinski definition) is 0. The minimum atomic E-state index is -0.786. The molecule has 0 unspecified atom stereocenters. The Morgan fingerprint density at radius 3 is 2.67 bits per heavy atom. The first-order chi connectivity index (χ1) is 16.0. The van der Waals surface area contributed by atoms with E-state index in [2.05, 4.69) is 0 Å². The van der Waals surface area contributed by atoms with Crippen LogP contribution in [0, 0.1) is 5.82 Å². The molecule has 0 fully saturated rings.